The fourth-order valence-corrected chi connectivity index (χ4v) is 3.87. The summed E-state index contributed by atoms with van der Waals surface area (Å²) in [6.45, 7) is 2.14. The van der Waals surface area contributed by atoms with Crippen LogP contribution < -0.4 is 0 Å². The van der Waals surface area contributed by atoms with Gasteiger partial charge in [0.1, 0.15) is 9.84 Å². The highest BCUT2D eigenvalue weighted by Gasteiger charge is 2.39. The van der Waals surface area contributed by atoms with Crippen LogP contribution in [-0.2, 0) is 9.84 Å². The van der Waals surface area contributed by atoms with E-state index in [4.69, 9.17) is 0 Å². The minimum absolute atomic E-state index is 0.198. The molecule has 5 heteroatoms. The molecule has 0 amide bonds. The molecule has 0 spiro atoms. The van der Waals surface area contributed by atoms with Crippen LogP contribution in [0.2, 0.25) is 0 Å². The van der Waals surface area contributed by atoms with E-state index in [1.807, 2.05) is 0 Å². The molecule has 2 rings (SSSR count). The van der Waals surface area contributed by atoms with E-state index < -0.39 is 15.4 Å². The fourth-order valence-electron chi connectivity index (χ4n) is 3.20. The molecular formula is C12H23NO3S. The molecule has 0 aromatic carbocycles. The quantitative estimate of drug-likeness (QED) is 0.813. The van der Waals surface area contributed by atoms with E-state index >= 15 is 0 Å². The van der Waals surface area contributed by atoms with Gasteiger partial charge in [0.25, 0.3) is 0 Å². The standard InChI is InChI=1S/C12H23NO3S/c1-17(15,16)9-3-5-12(14)6-8-13-7-2-4-11(13)10-12/h11,14H,2-10H2,1H3. The van der Waals surface area contributed by atoms with Crippen molar-refractivity contribution >= 4 is 9.84 Å². The van der Waals surface area contributed by atoms with Gasteiger partial charge in [0.2, 0.25) is 0 Å². The molecule has 0 aromatic rings. The van der Waals surface area contributed by atoms with Crippen molar-refractivity contribution in [2.24, 2.45) is 0 Å². The van der Waals surface area contributed by atoms with E-state index in [0.717, 1.165) is 19.4 Å². The fraction of sp³-hybridized carbons (Fsp3) is 1.00. The molecule has 4 nitrogen and oxygen atoms in total. The van der Waals surface area contributed by atoms with Crippen LogP contribution >= 0.6 is 0 Å². The second-order valence-electron chi connectivity index (χ2n) is 5.74. The summed E-state index contributed by atoms with van der Waals surface area (Å²) in [5.74, 6) is 0.198. The van der Waals surface area contributed by atoms with Crippen molar-refractivity contribution in [1.29, 1.82) is 0 Å². The van der Waals surface area contributed by atoms with Crippen molar-refractivity contribution in [3.05, 3.63) is 0 Å². The van der Waals surface area contributed by atoms with Gasteiger partial charge < -0.3 is 10.0 Å². The molecule has 0 aromatic heterocycles. The topological polar surface area (TPSA) is 57.6 Å². The second-order valence-corrected chi connectivity index (χ2v) is 8.00. The molecule has 0 radical (unpaired) electrons. The van der Waals surface area contributed by atoms with Crippen LogP contribution in [0.5, 0.6) is 0 Å². The molecule has 17 heavy (non-hydrogen) atoms. The average Bonchev–Trinajstić information content (AvgIpc) is 2.61. The Morgan fingerprint density at radius 2 is 2.18 bits per heavy atom. The number of hydrogen-bond acceptors (Lipinski definition) is 4. The first kappa shape index (κ1) is 13.3. The summed E-state index contributed by atoms with van der Waals surface area (Å²) < 4.78 is 22.1. The van der Waals surface area contributed by atoms with Gasteiger partial charge in [-0.2, -0.15) is 0 Å². The maximum absolute atomic E-state index is 11.1. The molecule has 100 valence electrons. The zero-order valence-electron chi connectivity index (χ0n) is 10.6. The summed E-state index contributed by atoms with van der Waals surface area (Å²) in [6.07, 6.45) is 6.53. The zero-order chi connectivity index (χ0) is 12.5. The lowest BCUT2D eigenvalue weighted by Gasteiger charge is -2.41. The number of hydrogen-bond donors (Lipinski definition) is 1. The number of sulfone groups is 1. The zero-order valence-corrected chi connectivity index (χ0v) is 11.4. The normalized spacial score (nSPS) is 34.8. The molecular weight excluding hydrogens is 238 g/mol. The van der Waals surface area contributed by atoms with Crippen LogP contribution in [0.15, 0.2) is 0 Å². The summed E-state index contributed by atoms with van der Waals surface area (Å²) in [5.41, 5.74) is -0.615. The minimum Gasteiger partial charge on any atom is -0.390 e. The van der Waals surface area contributed by atoms with E-state index in [1.165, 1.54) is 25.6 Å². The van der Waals surface area contributed by atoms with E-state index in [2.05, 4.69) is 4.90 Å². The molecule has 2 unspecified atom stereocenters. The molecule has 2 atom stereocenters. The first-order chi connectivity index (χ1) is 7.88. The Balaban J connectivity index is 1.83. The molecule has 0 bridgehead atoms. The van der Waals surface area contributed by atoms with E-state index in [9.17, 15) is 13.5 Å². The van der Waals surface area contributed by atoms with E-state index in [1.54, 1.807) is 0 Å². The van der Waals surface area contributed by atoms with Crippen LogP contribution in [0.3, 0.4) is 0 Å². The molecule has 2 saturated heterocycles. The Morgan fingerprint density at radius 1 is 1.41 bits per heavy atom. The molecule has 2 aliphatic heterocycles. The Labute approximate surface area is 104 Å². The Hall–Kier alpha value is -0.130. The Kier molecular flexibility index (Phi) is 3.80. The van der Waals surface area contributed by atoms with Gasteiger partial charge in [0.05, 0.1) is 5.60 Å². The summed E-state index contributed by atoms with van der Waals surface area (Å²) in [6, 6.07) is 0.534. The van der Waals surface area contributed by atoms with Crippen LogP contribution in [-0.4, -0.2) is 55.2 Å². The first-order valence-corrected chi connectivity index (χ1v) is 8.58. The summed E-state index contributed by atoms with van der Waals surface area (Å²) >= 11 is 0. The molecule has 1 N–H and O–H groups in total. The number of nitrogens with zero attached hydrogens (tertiary/aromatic N) is 1. The van der Waals surface area contributed by atoms with Crippen LogP contribution in [0.1, 0.15) is 38.5 Å². The third-order valence-electron chi connectivity index (χ3n) is 4.14. The highest BCUT2D eigenvalue weighted by molar-refractivity contribution is 7.90. The van der Waals surface area contributed by atoms with Gasteiger partial charge in [-0.1, -0.05) is 0 Å². The Bertz CT molecular complexity index is 368. The third-order valence-corrected chi connectivity index (χ3v) is 5.17. The highest BCUT2D eigenvalue weighted by atomic mass is 32.2. The van der Waals surface area contributed by atoms with E-state index in [0.29, 0.717) is 18.9 Å². The van der Waals surface area contributed by atoms with Crippen molar-refractivity contribution < 1.29 is 13.5 Å². The lowest BCUT2D eigenvalue weighted by molar-refractivity contribution is -0.0421. The van der Waals surface area contributed by atoms with Gasteiger partial charge in [-0.3, -0.25) is 0 Å². The number of fused-ring (bicyclic) bond motifs is 1. The van der Waals surface area contributed by atoms with Crippen LogP contribution in [0, 0.1) is 0 Å². The summed E-state index contributed by atoms with van der Waals surface area (Å²) in [5, 5.41) is 10.5. The molecule has 0 saturated carbocycles. The lowest BCUT2D eigenvalue weighted by Crippen LogP contribution is -2.47. The van der Waals surface area contributed by atoms with Gasteiger partial charge in [-0.15, -0.1) is 0 Å². The second kappa shape index (κ2) is 4.86. The predicted octanol–water partition coefficient (Wildman–Crippen LogP) is 0.800. The molecule has 0 aliphatic carbocycles. The minimum atomic E-state index is -2.89. The Morgan fingerprint density at radius 3 is 2.88 bits per heavy atom. The highest BCUT2D eigenvalue weighted by Crippen LogP contribution is 2.35. The first-order valence-electron chi connectivity index (χ1n) is 6.52. The molecule has 2 fully saturated rings. The van der Waals surface area contributed by atoms with Crippen molar-refractivity contribution in [2.45, 2.75) is 50.2 Å². The van der Waals surface area contributed by atoms with E-state index in [-0.39, 0.29) is 5.75 Å². The van der Waals surface area contributed by atoms with Gasteiger partial charge in [-0.05, 0) is 45.1 Å². The predicted molar refractivity (Wildman–Crippen MR) is 67.7 cm³/mol. The molecule has 2 aliphatic rings. The average molecular weight is 261 g/mol. The van der Waals surface area contributed by atoms with Crippen LogP contribution in [0.25, 0.3) is 0 Å². The van der Waals surface area contributed by atoms with Gasteiger partial charge in [0.15, 0.2) is 0 Å². The smallest absolute Gasteiger partial charge is 0.147 e. The van der Waals surface area contributed by atoms with Gasteiger partial charge in [-0.25, -0.2) is 8.42 Å². The van der Waals surface area contributed by atoms with Crippen molar-refractivity contribution in [1.82, 2.24) is 4.90 Å². The van der Waals surface area contributed by atoms with Crippen molar-refractivity contribution in [3.8, 4) is 0 Å². The largest absolute Gasteiger partial charge is 0.390 e. The van der Waals surface area contributed by atoms with Crippen molar-refractivity contribution in [2.75, 3.05) is 25.1 Å². The maximum Gasteiger partial charge on any atom is 0.147 e. The molecule has 2 heterocycles. The summed E-state index contributed by atoms with van der Waals surface area (Å²) in [4.78, 5) is 2.46. The monoisotopic (exact) mass is 261 g/mol. The number of rotatable bonds is 4. The third kappa shape index (κ3) is 3.66. The van der Waals surface area contributed by atoms with Crippen molar-refractivity contribution in [3.63, 3.8) is 0 Å². The lowest BCUT2D eigenvalue weighted by atomic mass is 9.83. The van der Waals surface area contributed by atoms with Gasteiger partial charge >= 0.3 is 0 Å². The number of aliphatic hydroxyl groups is 1. The maximum atomic E-state index is 11.1. The van der Waals surface area contributed by atoms with Crippen LogP contribution in [0.4, 0.5) is 0 Å². The number of piperidine rings is 1. The summed E-state index contributed by atoms with van der Waals surface area (Å²) in [7, 11) is -2.89. The van der Waals surface area contributed by atoms with Gasteiger partial charge in [0, 0.05) is 24.6 Å². The SMILES string of the molecule is CS(=O)(=O)CCCC1(O)CCN2CCCC2C1.